The van der Waals surface area contributed by atoms with Crippen molar-refractivity contribution in [2.45, 2.75) is 138 Å². The number of guanidine groups is 1. The van der Waals surface area contributed by atoms with Crippen molar-refractivity contribution >= 4 is 82.8 Å². The number of aliphatic hydroxyl groups is 1. The number of carbonyl (C=O) groups excluding carboxylic acids is 10. The normalized spacial score (nSPS) is 15.8. The highest BCUT2D eigenvalue weighted by atomic mass is 32.2. The summed E-state index contributed by atoms with van der Waals surface area (Å²) in [4.78, 5) is 154. The minimum absolute atomic E-state index is 0.00327. The zero-order chi connectivity index (χ0) is 60.0. The summed E-state index contributed by atoms with van der Waals surface area (Å²) >= 11 is 1.33. The number of amides is 10. The smallest absolute Gasteiger partial charge is 0.305 e. The molecule has 21 N–H and O–H groups in total. The third-order valence-corrected chi connectivity index (χ3v) is 13.6. The van der Waals surface area contributed by atoms with Gasteiger partial charge >= 0.3 is 5.97 Å². The number of benzene rings is 2. The van der Waals surface area contributed by atoms with E-state index in [0.717, 1.165) is 0 Å². The maximum atomic E-state index is 14.5. The Morgan fingerprint density at radius 1 is 0.630 bits per heavy atom. The van der Waals surface area contributed by atoms with Gasteiger partial charge in [0.15, 0.2) is 5.96 Å². The molecule has 10 amide bonds. The number of aliphatic carboxylic acids is 1. The fourth-order valence-electron chi connectivity index (χ4n) is 8.61. The number of aliphatic hydroxyl groups excluding tert-OH is 1. The Morgan fingerprint density at radius 3 is 1.60 bits per heavy atom. The number of carboxylic acids is 1. The molecule has 28 nitrogen and oxygen atoms in total. The summed E-state index contributed by atoms with van der Waals surface area (Å²) in [6.07, 6.45) is 1.04. The molecule has 2 aromatic rings. The lowest BCUT2D eigenvalue weighted by atomic mass is 10.0. The minimum Gasteiger partial charge on any atom is -0.481 e. The van der Waals surface area contributed by atoms with Gasteiger partial charge in [-0.1, -0.05) is 60.7 Å². The fraction of sp³-hybridized carbons (Fsp3) is 0.538. The highest BCUT2D eigenvalue weighted by molar-refractivity contribution is 7.98. The van der Waals surface area contributed by atoms with Crippen LogP contribution < -0.4 is 71.6 Å². The quantitative estimate of drug-likeness (QED) is 0.0172. The Kier molecular flexibility index (Phi) is 29.7. The lowest BCUT2D eigenvalue weighted by Gasteiger charge is -2.29. The molecule has 2 aromatic carbocycles. The number of thioether (sulfide) groups is 1. The first-order chi connectivity index (χ1) is 38.6. The summed E-state index contributed by atoms with van der Waals surface area (Å²) in [5.74, 6) is -10.4. The third kappa shape index (κ3) is 24.2. The molecular formula is C52H79N15O13S. The number of nitrogens with two attached hydrogens (primary N) is 6. The molecule has 0 aliphatic carbocycles. The first-order valence-corrected chi connectivity index (χ1v) is 27.9. The van der Waals surface area contributed by atoms with Crippen LogP contribution in [0.25, 0.3) is 0 Å². The van der Waals surface area contributed by atoms with Crippen LogP contribution in [-0.2, 0) is 65.6 Å². The van der Waals surface area contributed by atoms with E-state index in [9.17, 15) is 63.0 Å². The Labute approximate surface area is 473 Å². The van der Waals surface area contributed by atoms with E-state index in [4.69, 9.17) is 34.4 Å². The van der Waals surface area contributed by atoms with Crippen LogP contribution in [0.3, 0.4) is 0 Å². The standard InChI is InChI=1S/C52H79N15O13S/c1-81-25-21-36(47(76)60-34(17-10-23-59-52(57)58)45(74)64-37(43(56)72)26-30-12-4-2-5-13-30)62-48(77)38(27-31-14-6-3-7-15-31)65-49(78)39(28-42(70)71)66-46(75)35(19-20-41(55)69)61-44(73)33(16-8-9-22-53)63-50(79)40-18-11-24-67(40)51(80)32(54)29-68/h2-7,12-15,32-40,68H,8-11,16-29,53-54H2,1H3,(H2,55,69)(H2,56,72)(H,60,76)(H,61,73)(H,62,77)(H,63,79)(H,64,74)(H,65,78)(H,66,75)(H,70,71)(H4,57,58,59)/t32-,33-,34-,35-,36-,37-,38-,39-,40-/m0/s1. The van der Waals surface area contributed by atoms with Gasteiger partial charge in [-0.3, -0.25) is 57.7 Å². The van der Waals surface area contributed by atoms with Gasteiger partial charge in [0.1, 0.15) is 54.4 Å². The number of nitrogens with zero attached hydrogens (tertiary/aromatic N) is 2. The number of aliphatic imine (C=N–C) groups is 1. The van der Waals surface area contributed by atoms with Crippen molar-refractivity contribution in [2.75, 3.05) is 38.2 Å². The summed E-state index contributed by atoms with van der Waals surface area (Å²) in [6.45, 7) is -0.218. The SMILES string of the molecule is CSCC[C@H](NC(=O)[C@H](Cc1ccccc1)NC(=O)[C@H](CC(=O)O)NC(=O)[C@H](CCC(N)=O)NC(=O)[C@H](CCCCN)NC(=O)[C@@H]1CCCN1C(=O)[C@@H](N)CO)C(=O)N[C@@H](CCCN=C(N)N)C(=O)N[C@@H](Cc1ccccc1)C(N)=O. The van der Waals surface area contributed by atoms with Crippen LogP contribution in [-0.4, -0.2) is 179 Å². The van der Waals surface area contributed by atoms with E-state index in [0.29, 0.717) is 36.1 Å². The molecule has 0 bridgehead atoms. The van der Waals surface area contributed by atoms with Gasteiger partial charge in [-0.15, -0.1) is 0 Å². The summed E-state index contributed by atoms with van der Waals surface area (Å²) in [6, 6.07) is 4.33. The van der Waals surface area contributed by atoms with Crippen LogP contribution in [0.4, 0.5) is 0 Å². The number of carboxylic acid groups (broad SMARTS) is 1. The predicted molar refractivity (Wildman–Crippen MR) is 299 cm³/mol. The molecule has 29 heteroatoms. The summed E-state index contributed by atoms with van der Waals surface area (Å²) in [5.41, 5.74) is 34.7. The largest absolute Gasteiger partial charge is 0.481 e. The van der Waals surface area contributed by atoms with E-state index in [1.807, 2.05) is 0 Å². The predicted octanol–water partition coefficient (Wildman–Crippen LogP) is -4.66. The maximum Gasteiger partial charge on any atom is 0.305 e. The first-order valence-electron chi connectivity index (χ1n) is 26.5. The average molecular weight is 1150 g/mol. The number of hydrogen-bond donors (Lipinski definition) is 15. The zero-order valence-corrected chi connectivity index (χ0v) is 46.2. The van der Waals surface area contributed by atoms with Crippen molar-refractivity contribution in [1.82, 2.24) is 42.1 Å². The molecular weight excluding hydrogens is 1070 g/mol. The summed E-state index contributed by atoms with van der Waals surface area (Å²) < 4.78 is 0. The van der Waals surface area contributed by atoms with E-state index >= 15 is 0 Å². The highest BCUT2D eigenvalue weighted by Crippen LogP contribution is 2.19. The van der Waals surface area contributed by atoms with Crippen molar-refractivity contribution in [2.24, 2.45) is 39.4 Å². The molecule has 1 aliphatic heterocycles. The molecule has 446 valence electrons. The lowest BCUT2D eigenvalue weighted by Crippen LogP contribution is -2.61. The molecule has 0 unspecified atom stereocenters. The van der Waals surface area contributed by atoms with Gasteiger partial charge in [-0.25, -0.2) is 0 Å². The van der Waals surface area contributed by atoms with E-state index in [1.165, 1.54) is 16.7 Å². The first kappa shape index (κ1) is 67.4. The molecule has 0 saturated carbocycles. The van der Waals surface area contributed by atoms with E-state index in [2.05, 4.69) is 42.2 Å². The summed E-state index contributed by atoms with van der Waals surface area (Å²) in [7, 11) is 0. The summed E-state index contributed by atoms with van der Waals surface area (Å²) in [5, 5.41) is 37.3. The number of hydrogen-bond acceptors (Lipinski definition) is 16. The Hall–Kier alpha value is -7.89. The zero-order valence-electron chi connectivity index (χ0n) is 45.3. The van der Waals surface area contributed by atoms with Gasteiger partial charge in [0, 0.05) is 32.4 Å². The van der Waals surface area contributed by atoms with Crippen molar-refractivity contribution in [3.8, 4) is 0 Å². The van der Waals surface area contributed by atoms with Crippen LogP contribution >= 0.6 is 11.8 Å². The van der Waals surface area contributed by atoms with Gasteiger partial charge in [0.05, 0.1) is 13.0 Å². The molecule has 1 fully saturated rings. The second kappa shape index (κ2) is 35.7. The van der Waals surface area contributed by atoms with E-state index in [-0.39, 0.29) is 70.5 Å². The Bertz CT molecular complexity index is 2470. The second-order valence-electron chi connectivity index (χ2n) is 19.3. The number of primary amides is 2. The van der Waals surface area contributed by atoms with Crippen molar-refractivity contribution in [3.05, 3.63) is 71.8 Å². The molecule has 0 radical (unpaired) electrons. The van der Waals surface area contributed by atoms with Crippen molar-refractivity contribution in [1.29, 1.82) is 0 Å². The molecule has 9 atom stereocenters. The molecule has 3 rings (SSSR count). The van der Waals surface area contributed by atoms with Crippen LogP contribution in [0, 0.1) is 0 Å². The molecule has 81 heavy (non-hydrogen) atoms. The van der Waals surface area contributed by atoms with Crippen LogP contribution in [0.15, 0.2) is 65.7 Å². The molecule has 1 aliphatic rings. The van der Waals surface area contributed by atoms with Gasteiger partial charge in [-0.05, 0) is 87.5 Å². The average Bonchev–Trinajstić information content (AvgIpc) is 3.95. The number of unbranched alkanes of at least 4 members (excludes halogenated alkanes) is 1. The molecule has 1 heterocycles. The minimum atomic E-state index is -1.94. The Balaban J connectivity index is 1.93. The van der Waals surface area contributed by atoms with Crippen LogP contribution in [0.2, 0.25) is 0 Å². The topological polar surface area (TPSA) is 484 Å². The van der Waals surface area contributed by atoms with E-state index < -0.39 is 145 Å². The highest BCUT2D eigenvalue weighted by Gasteiger charge is 2.39. The van der Waals surface area contributed by atoms with Crippen molar-refractivity contribution < 1.29 is 63.0 Å². The fourth-order valence-corrected chi connectivity index (χ4v) is 9.08. The Morgan fingerprint density at radius 2 is 1.10 bits per heavy atom. The third-order valence-electron chi connectivity index (χ3n) is 12.9. The second-order valence-corrected chi connectivity index (χ2v) is 20.3. The number of carbonyl (C=O) groups is 11. The van der Waals surface area contributed by atoms with Gasteiger partial charge in [0.25, 0.3) is 0 Å². The molecule has 1 saturated heterocycles. The van der Waals surface area contributed by atoms with Gasteiger partial charge in [-0.2, -0.15) is 11.8 Å². The molecule has 0 aromatic heterocycles. The number of rotatable bonds is 37. The van der Waals surface area contributed by atoms with Gasteiger partial charge in [0.2, 0.25) is 59.1 Å². The number of likely N-dealkylation sites (tertiary alicyclic amines) is 1. The van der Waals surface area contributed by atoms with Crippen LogP contribution in [0.1, 0.15) is 81.8 Å². The maximum absolute atomic E-state index is 14.5. The van der Waals surface area contributed by atoms with E-state index in [1.54, 1.807) is 66.9 Å². The lowest BCUT2D eigenvalue weighted by molar-refractivity contribution is -0.142. The monoisotopic (exact) mass is 1150 g/mol. The van der Waals surface area contributed by atoms with Gasteiger partial charge < -0.3 is 86.7 Å². The van der Waals surface area contributed by atoms with Crippen molar-refractivity contribution in [3.63, 3.8) is 0 Å². The molecule has 0 spiro atoms. The van der Waals surface area contributed by atoms with Crippen LogP contribution in [0.5, 0.6) is 0 Å². The number of nitrogens with one attached hydrogen (secondary N) is 7.